The summed E-state index contributed by atoms with van der Waals surface area (Å²) in [6, 6.07) is 4.56. The maximum Gasteiger partial charge on any atom is 0.165 e. The molecule has 0 bridgehead atoms. The Morgan fingerprint density at radius 1 is 1.47 bits per heavy atom. The summed E-state index contributed by atoms with van der Waals surface area (Å²) in [5.74, 6) is -0.868. The van der Waals surface area contributed by atoms with E-state index in [-0.39, 0.29) is 16.6 Å². The van der Waals surface area contributed by atoms with E-state index in [0.717, 1.165) is 12.0 Å². The molecule has 0 saturated heterocycles. The average molecular weight is 209 g/mol. The van der Waals surface area contributed by atoms with Gasteiger partial charge in [0.25, 0.3) is 0 Å². The Bertz CT molecular complexity index is 403. The highest BCUT2D eigenvalue weighted by Crippen LogP contribution is 2.63. The van der Waals surface area contributed by atoms with Gasteiger partial charge in [-0.25, -0.2) is 4.39 Å². The van der Waals surface area contributed by atoms with Gasteiger partial charge in [0, 0.05) is 12.0 Å². The molecule has 1 aliphatic carbocycles. The summed E-state index contributed by atoms with van der Waals surface area (Å²) in [5, 5.41) is 9.13. The first-order valence-electron chi connectivity index (χ1n) is 5.12. The Hall–Kier alpha value is -1.09. The average Bonchev–Trinajstić information content (AvgIpc) is 2.75. The van der Waals surface area contributed by atoms with Gasteiger partial charge < -0.3 is 10.8 Å². The van der Waals surface area contributed by atoms with E-state index in [1.165, 1.54) is 12.1 Å². The molecule has 0 aromatic heterocycles. The molecule has 3 N–H and O–H groups in total. The van der Waals surface area contributed by atoms with Gasteiger partial charge in [-0.15, -0.1) is 0 Å². The number of aromatic hydroxyl groups is 1. The summed E-state index contributed by atoms with van der Waals surface area (Å²) in [6.45, 7) is 4.78. The van der Waals surface area contributed by atoms with Gasteiger partial charge in [-0.3, -0.25) is 0 Å². The largest absolute Gasteiger partial charge is 0.505 e. The zero-order valence-electron chi connectivity index (χ0n) is 9.05. The van der Waals surface area contributed by atoms with E-state index in [2.05, 4.69) is 13.8 Å². The van der Waals surface area contributed by atoms with Gasteiger partial charge in [0.1, 0.15) is 0 Å². The molecule has 1 unspecified atom stereocenters. The van der Waals surface area contributed by atoms with Crippen LogP contribution in [0.15, 0.2) is 18.2 Å². The van der Waals surface area contributed by atoms with E-state index in [1.807, 2.05) is 0 Å². The van der Waals surface area contributed by atoms with Crippen LogP contribution >= 0.6 is 0 Å². The zero-order chi connectivity index (χ0) is 11.3. The summed E-state index contributed by atoms with van der Waals surface area (Å²) < 4.78 is 13.2. The second-order valence-corrected chi connectivity index (χ2v) is 5.01. The van der Waals surface area contributed by atoms with E-state index in [0.29, 0.717) is 6.54 Å². The van der Waals surface area contributed by atoms with E-state index >= 15 is 0 Å². The molecule has 2 nitrogen and oxygen atoms in total. The molecule has 0 aliphatic heterocycles. The Balaban J connectivity index is 2.42. The molecule has 0 heterocycles. The Morgan fingerprint density at radius 3 is 2.47 bits per heavy atom. The van der Waals surface area contributed by atoms with Crippen LogP contribution in [-0.2, 0) is 5.41 Å². The molecule has 82 valence electrons. The van der Waals surface area contributed by atoms with Crippen molar-refractivity contribution in [1.29, 1.82) is 0 Å². The fraction of sp³-hybridized carbons (Fsp3) is 0.500. The quantitative estimate of drug-likeness (QED) is 0.784. The minimum absolute atomic E-state index is 0.110. The van der Waals surface area contributed by atoms with Gasteiger partial charge in [0.05, 0.1) is 0 Å². The van der Waals surface area contributed by atoms with Crippen molar-refractivity contribution in [3.8, 4) is 5.75 Å². The summed E-state index contributed by atoms with van der Waals surface area (Å²) in [7, 11) is 0. The molecule has 1 aliphatic rings. The first kappa shape index (κ1) is 10.4. The van der Waals surface area contributed by atoms with Crippen molar-refractivity contribution in [3.05, 3.63) is 29.6 Å². The summed E-state index contributed by atoms with van der Waals surface area (Å²) in [4.78, 5) is 0. The number of hydrogen-bond donors (Lipinski definition) is 2. The number of rotatable bonds is 2. The van der Waals surface area contributed by atoms with E-state index in [9.17, 15) is 4.39 Å². The second kappa shape index (κ2) is 2.95. The molecule has 15 heavy (non-hydrogen) atoms. The molecule has 0 spiro atoms. The lowest BCUT2D eigenvalue weighted by Gasteiger charge is -2.19. The standard InChI is InChI=1S/C12H16FNO/c1-11(2)6-12(11,7-14)8-3-4-10(15)9(13)5-8/h3-5,15H,6-7,14H2,1-2H3. The third kappa shape index (κ3) is 1.34. The highest BCUT2D eigenvalue weighted by molar-refractivity contribution is 5.40. The van der Waals surface area contributed by atoms with Gasteiger partial charge in [-0.1, -0.05) is 19.9 Å². The molecule has 1 atom stereocenters. The SMILES string of the molecule is CC1(C)CC1(CN)c1ccc(O)c(F)c1. The topological polar surface area (TPSA) is 46.2 Å². The van der Waals surface area contributed by atoms with Crippen LogP contribution in [0.1, 0.15) is 25.8 Å². The third-order valence-electron chi connectivity index (χ3n) is 3.76. The minimum atomic E-state index is -0.567. The number of phenols is 1. The van der Waals surface area contributed by atoms with Crippen LogP contribution in [0.2, 0.25) is 0 Å². The Labute approximate surface area is 88.9 Å². The van der Waals surface area contributed by atoms with E-state index in [1.54, 1.807) is 6.07 Å². The van der Waals surface area contributed by atoms with E-state index < -0.39 is 5.82 Å². The number of hydrogen-bond acceptors (Lipinski definition) is 2. The van der Waals surface area contributed by atoms with Crippen LogP contribution in [0, 0.1) is 11.2 Å². The number of nitrogens with two attached hydrogens (primary N) is 1. The molecule has 1 saturated carbocycles. The van der Waals surface area contributed by atoms with Crippen molar-refractivity contribution < 1.29 is 9.50 Å². The van der Waals surface area contributed by atoms with Crippen molar-refractivity contribution in [1.82, 2.24) is 0 Å². The fourth-order valence-electron chi connectivity index (χ4n) is 2.47. The molecule has 0 amide bonds. The third-order valence-corrected chi connectivity index (χ3v) is 3.76. The highest BCUT2D eigenvalue weighted by Gasteiger charge is 2.60. The fourth-order valence-corrected chi connectivity index (χ4v) is 2.47. The van der Waals surface area contributed by atoms with Crippen LogP contribution in [0.25, 0.3) is 0 Å². The first-order chi connectivity index (χ1) is 6.93. The summed E-state index contributed by atoms with van der Waals surface area (Å²) in [5.41, 5.74) is 6.69. The second-order valence-electron chi connectivity index (χ2n) is 5.01. The normalized spacial score (nSPS) is 27.7. The summed E-state index contributed by atoms with van der Waals surface area (Å²) in [6.07, 6.45) is 0.973. The predicted molar refractivity (Wildman–Crippen MR) is 57.2 cm³/mol. The number of phenolic OH excluding ortho intramolecular Hbond substituents is 1. The smallest absolute Gasteiger partial charge is 0.165 e. The van der Waals surface area contributed by atoms with Gasteiger partial charge in [-0.05, 0) is 29.5 Å². The van der Waals surface area contributed by atoms with E-state index in [4.69, 9.17) is 10.8 Å². The molecular formula is C12H16FNO. The van der Waals surface area contributed by atoms with Crippen LogP contribution in [-0.4, -0.2) is 11.7 Å². The van der Waals surface area contributed by atoms with Crippen LogP contribution in [0.5, 0.6) is 5.75 Å². The van der Waals surface area contributed by atoms with Gasteiger partial charge in [0.2, 0.25) is 0 Å². The first-order valence-corrected chi connectivity index (χ1v) is 5.12. The van der Waals surface area contributed by atoms with Crippen LogP contribution in [0.3, 0.4) is 0 Å². The zero-order valence-corrected chi connectivity index (χ0v) is 9.05. The Morgan fingerprint density at radius 2 is 2.07 bits per heavy atom. The highest BCUT2D eigenvalue weighted by atomic mass is 19.1. The van der Waals surface area contributed by atoms with Gasteiger partial charge in [0.15, 0.2) is 11.6 Å². The maximum absolute atomic E-state index is 13.2. The lowest BCUT2D eigenvalue weighted by atomic mass is 9.88. The lowest BCUT2D eigenvalue weighted by molar-refractivity contribution is 0.429. The lowest BCUT2D eigenvalue weighted by Crippen LogP contribution is -2.25. The monoisotopic (exact) mass is 209 g/mol. The van der Waals surface area contributed by atoms with Crippen molar-refractivity contribution >= 4 is 0 Å². The Kier molecular flexibility index (Phi) is 2.05. The molecule has 1 aromatic rings. The molecule has 0 radical (unpaired) electrons. The number of benzene rings is 1. The summed E-state index contributed by atoms with van der Waals surface area (Å²) >= 11 is 0. The van der Waals surface area contributed by atoms with Crippen molar-refractivity contribution in [2.24, 2.45) is 11.1 Å². The predicted octanol–water partition coefficient (Wildman–Crippen LogP) is 2.16. The maximum atomic E-state index is 13.2. The number of halogens is 1. The van der Waals surface area contributed by atoms with Crippen LogP contribution in [0.4, 0.5) is 4.39 Å². The molecule has 2 rings (SSSR count). The van der Waals surface area contributed by atoms with Crippen molar-refractivity contribution in [2.45, 2.75) is 25.7 Å². The van der Waals surface area contributed by atoms with Crippen molar-refractivity contribution in [3.63, 3.8) is 0 Å². The molecule has 1 fully saturated rings. The van der Waals surface area contributed by atoms with Crippen molar-refractivity contribution in [2.75, 3.05) is 6.54 Å². The molecule has 1 aromatic carbocycles. The van der Waals surface area contributed by atoms with Gasteiger partial charge >= 0.3 is 0 Å². The molecular weight excluding hydrogens is 193 g/mol. The molecule has 3 heteroatoms. The minimum Gasteiger partial charge on any atom is -0.505 e. The van der Waals surface area contributed by atoms with Crippen LogP contribution < -0.4 is 5.73 Å². The van der Waals surface area contributed by atoms with Gasteiger partial charge in [-0.2, -0.15) is 0 Å².